The molecule has 1 saturated carbocycles. The van der Waals surface area contributed by atoms with E-state index in [1.165, 1.54) is 0 Å². The topological polar surface area (TPSA) is 87.7 Å². The van der Waals surface area contributed by atoms with E-state index in [4.69, 9.17) is 10.9 Å². The van der Waals surface area contributed by atoms with Crippen molar-refractivity contribution in [1.82, 2.24) is 0 Å². The molecule has 108 valence electrons. The van der Waals surface area contributed by atoms with Gasteiger partial charge in [0.1, 0.15) is 5.41 Å². The molecule has 1 fully saturated rings. The van der Waals surface area contributed by atoms with Crippen LogP contribution < -0.4 is 11.1 Å². The Morgan fingerprint density at radius 1 is 1.25 bits per heavy atom. The summed E-state index contributed by atoms with van der Waals surface area (Å²) in [6.45, 7) is 0. The highest BCUT2D eigenvalue weighted by atomic mass is 79.9. The molecule has 4 N–H and O–H groups in total. The minimum atomic E-state index is -0.889. The van der Waals surface area contributed by atoms with Crippen LogP contribution in [-0.2, 0) is 4.79 Å². The van der Waals surface area contributed by atoms with Crippen LogP contribution >= 0.6 is 15.9 Å². The van der Waals surface area contributed by atoms with Gasteiger partial charge in [-0.3, -0.25) is 4.79 Å². The summed E-state index contributed by atoms with van der Waals surface area (Å²) < 4.78 is 0.944. The lowest BCUT2D eigenvalue weighted by atomic mass is 9.72. The maximum absolute atomic E-state index is 12.6. The Labute approximate surface area is 126 Å². The molecule has 0 aromatic heterocycles. The molecule has 0 spiro atoms. The second-order valence-electron chi connectivity index (χ2n) is 5.09. The summed E-state index contributed by atoms with van der Waals surface area (Å²) in [5.41, 5.74) is 5.61. The summed E-state index contributed by atoms with van der Waals surface area (Å²) in [5, 5.41) is 14.9. The minimum absolute atomic E-state index is 0.00631. The van der Waals surface area contributed by atoms with E-state index in [-0.39, 0.29) is 11.7 Å². The highest BCUT2D eigenvalue weighted by Gasteiger charge is 2.43. The molecule has 1 aliphatic rings. The van der Waals surface area contributed by atoms with Crippen LogP contribution in [0.2, 0.25) is 0 Å². The van der Waals surface area contributed by atoms with Crippen LogP contribution in [0, 0.1) is 5.41 Å². The number of oxime groups is 1. The fourth-order valence-corrected chi connectivity index (χ4v) is 2.90. The van der Waals surface area contributed by atoms with E-state index in [1.807, 2.05) is 24.3 Å². The average Bonchev–Trinajstić information content (AvgIpc) is 2.49. The van der Waals surface area contributed by atoms with Crippen molar-refractivity contribution < 1.29 is 10.0 Å². The molecule has 5 nitrogen and oxygen atoms in total. The number of anilines is 1. The molecule has 2 rings (SSSR count). The van der Waals surface area contributed by atoms with Gasteiger partial charge in [-0.25, -0.2) is 0 Å². The van der Waals surface area contributed by atoms with Crippen LogP contribution in [0.3, 0.4) is 0 Å². The monoisotopic (exact) mass is 339 g/mol. The zero-order valence-electron chi connectivity index (χ0n) is 11.1. The standard InChI is InChI=1S/C14H18BrN3O2/c15-10-4-6-11(7-5-10)17-13(19)14(12(16)18-20)8-2-1-3-9-14/h4-7,20H,1-3,8-9H2,(H2,16,18)(H,17,19). The van der Waals surface area contributed by atoms with Crippen LogP contribution in [0.1, 0.15) is 32.1 Å². The predicted molar refractivity (Wildman–Crippen MR) is 81.7 cm³/mol. The van der Waals surface area contributed by atoms with E-state index < -0.39 is 5.41 Å². The van der Waals surface area contributed by atoms with Gasteiger partial charge in [0, 0.05) is 10.2 Å². The summed E-state index contributed by atoms with van der Waals surface area (Å²) >= 11 is 3.35. The number of nitrogens with zero attached hydrogens (tertiary/aromatic N) is 1. The maximum Gasteiger partial charge on any atom is 0.238 e. The molecule has 0 bridgehead atoms. The Hall–Kier alpha value is -1.56. The summed E-state index contributed by atoms with van der Waals surface area (Å²) in [4.78, 5) is 12.6. The van der Waals surface area contributed by atoms with E-state index in [1.54, 1.807) is 0 Å². The van der Waals surface area contributed by atoms with Gasteiger partial charge in [0.25, 0.3) is 0 Å². The van der Waals surface area contributed by atoms with E-state index in [0.717, 1.165) is 23.7 Å². The van der Waals surface area contributed by atoms with Crippen LogP contribution in [0.25, 0.3) is 0 Å². The Balaban J connectivity index is 2.21. The predicted octanol–water partition coefficient (Wildman–Crippen LogP) is 3.08. The number of amidine groups is 1. The third-order valence-electron chi connectivity index (χ3n) is 3.84. The second-order valence-corrected chi connectivity index (χ2v) is 6.00. The first-order valence-corrected chi connectivity index (χ1v) is 7.43. The summed E-state index contributed by atoms with van der Waals surface area (Å²) in [6.07, 6.45) is 4.12. The zero-order valence-corrected chi connectivity index (χ0v) is 12.7. The molecule has 1 aliphatic carbocycles. The van der Waals surface area contributed by atoms with Gasteiger partial charge in [-0.05, 0) is 37.1 Å². The van der Waals surface area contributed by atoms with Crippen molar-refractivity contribution in [1.29, 1.82) is 0 Å². The molecule has 1 amide bonds. The van der Waals surface area contributed by atoms with Gasteiger partial charge in [-0.1, -0.05) is 40.3 Å². The van der Waals surface area contributed by atoms with Gasteiger partial charge in [-0.2, -0.15) is 0 Å². The van der Waals surface area contributed by atoms with Gasteiger partial charge >= 0.3 is 0 Å². The first kappa shape index (κ1) is 14.8. The fourth-order valence-electron chi connectivity index (χ4n) is 2.63. The summed E-state index contributed by atoms with van der Waals surface area (Å²) in [6, 6.07) is 7.33. The Kier molecular flexibility index (Phi) is 4.65. The molecule has 1 aromatic carbocycles. The summed E-state index contributed by atoms with van der Waals surface area (Å²) in [7, 11) is 0. The lowest BCUT2D eigenvalue weighted by Crippen LogP contribution is -2.48. The Bertz CT molecular complexity index is 508. The highest BCUT2D eigenvalue weighted by Crippen LogP contribution is 2.37. The van der Waals surface area contributed by atoms with Gasteiger partial charge in [0.05, 0.1) is 0 Å². The zero-order chi connectivity index (χ0) is 14.6. The van der Waals surface area contributed by atoms with E-state index in [0.29, 0.717) is 18.5 Å². The van der Waals surface area contributed by atoms with Crippen molar-refractivity contribution in [3.8, 4) is 0 Å². The number of carbonyl (C=O) groups is 1. The number of benzene rings is 1. The third kappa shape index (κ3) is 2.95. The van der Waals surface area contributed by atoms with Crippen molar-refractivity contribution in [2.45, 2.75) is 32.1 Å². The number of nitrogens with two attached hydrogens (primary N) is 1. The van der Waals surface area contributed by atoms with Gasteiger partial charge < -0.3 is 16.3 Å². The van der Waals surface area contributed by atoms with Crippen LogP contribution in [0.15, 0.2) is 33.9 Å². The number of hydrogen-bond acceptors (Lipinski definition) is 3. The number of rotatable bonds is 3. The molecule has 0 saturated heterocycles. The second kappa shape index (κ2) is 6.26. The van der Waals surface area contributed by atoms with Crippen LogP contribution in [0.4, 0.5) is 5.69 Å². The van der Waals surface area contributed by atoms with Crippen LogP contribution in [-0.4, -0.2) is 17.0 Å². The highest BCUT2D eigenvalue weighted by molar-refractivity contribution is 9.10. The van der Waals surface area contributed by atoms with Crippen LogP contribution in [0.5, 0.6) is 0 Å². The minimum Gasteiger partial charge on any atom is -0.409 e. The molecule has 0 atom stereocenters. The average molecular weight is 340 g/mol. The fraction of sp³-hybridized carbons (Fsp3) is 0.429. The smallest absolute Gasteiger partial charge is 0.238 e. The molecule has 1 aromatic rings. The number of nitrogens with one attached hydrogen (secondary N) is 1. The van der Waals surface area contributed by atoms with Crippen molar-refractivity contribution in [2.75, 3.05) is 5.32 Å². The van der Waals surface area contributed by atoms with E-state index in [2.05, 4.69) is 26.4 Å². The molecule has 0 radical (unpaired) electrons. The molecular formula is C14H18BrN3O2. The maximum atomic E-state index is 12.6. The molecule has 20 heavy (non-hydrogen) atoms. The van der Waals surface area contributed by atoms with Crippen molar-refractivity contribution in [2.24, 2.45) is 16.3 Å². The Morgan fingerprint density at radius 3 is 2.40 bits per heavy atom. The molecule has 0 aliphatic heterocycles. The lowest BCUT2D eigenvalue weighted by Gasteiger charge is -2.34. The largest absolute Gasteiger partial charge is 0.409 e. The molecular weight excluding hydrogens is 322 g/mol. The van der Waals surface area contributed by atoms with Crippen molar-refractivity contribution in [3.63, 3.8) is 0 Å². The lowest BCUT2D eigenvalue weighted by molar-refractivity contribution is -0.123. The number of halogens is 1. The van der Waals surface area contributed by atoms with Crippen molar-refractivity contribution in [3.05, 3.63) is 28.7 Å². The van der Waals surface area contributed by atoms with Gasteiger partial charge in [0.2, 0.25) is 5.91 Å². The molecule has 0 heterocycles. The number of carbonyl (C=O) groups excluding carboxylic acids is 1. The van der Waals surface area contributed by atoms with Gasteiger partial charge in [-0.15, -0.1) is 0 Å². The first-order valence-electron chi connectivity index (χ1n) is 6.63. The molecule has 0 unspecified atom stereocenters. The first-order chi connectivity index (χ1) is 9.58. The Morgan fingerprint density at radius 2 is 1.85 bits per heavy atom. The van der Waals surface area contributed by atoms with Crippen molar-refractivity contribution >= 4 is 33.4 Å². The normalized spacial score (nSPS) is 18.6. The summed E-state index contributed by atoms with van der Waals surface area (Å²) in [5.74, 6) is -0.193. The molecule has 6 heteroatoms. The van der Waals surface area contributed by atoms with E-state index in [9.17, 15) is 4.79 Å². The van der Waals surface area contributed by atoms with E-state index >= 15 is 0 Å². The third-order valence-corrected chi connectivity index (χ3v) is 4.37. The quantitative estimate of drug-likeness (QED) is 0.342. The number of amides is 1. The SMILES string of the molecule is NC(=NO)C1(C(=O)Nc2ccc(Br)cc2)CCCCC1. The number of hydrogen-bond donors (Lipinski definition) is 3. The van der Waals surface area contributed by atoms with Gasteiger partial charge in [0.15, 0.2) is 5.84 Å².